The third kappa shape index (κ3) is 6.68. The van der Waals surface area contributed by atoms with Crippen molar-refractivity contribution in [2.24, 2.45) is 4.99 Å². The van der Waals surface area contributed by atoms with E-state index in [4.69, 9.17) is 0 Å². The molecule has 1 amide bonds. The number of hydrogen-bond acceptors (Lipinski definition) is 2. The molecule has 0 aliphatic carbocycles. The molecule has 0 unspecified atom stereocenters. The fourth-order valence-corrected chi connectivity index (χ4v) is 2.84. The Morgan fingerprint density at radius 1 is 1.04 bits per heavy atom. The highest BCUT2D eigenvalue weighted by molar-refractivity contribution is 5.94. The maximum Gasteiger partial charge on any atom is 0.251 e. The van der Waals surface area contributed by atoms with Crippen LogP contribution in [0.15, 0.2) is 47.5 Å². The number of rotatable bonds is 8. The van der Waals surface area contributed by atoms with Crippen molar-refractivity contribution in [2.45, 2.75) is 33.7 Å². The zero-order chi connectivity index (χ0) is 20.4. The van der Waals surface area contributed by atoms with Gasteiger partial charge in [0.25, 0.3) is 5.91 Å². The number of nitrogens with one attached hydrogen (secondary N) is 3. The van der Waals surface area contributed by atoms with Gasteiger partial charge >= 0.3 is 0 Å². The molecule has 0 bridgehead atoms. The van der Waals surface area contributed by atoms with Gasteiger partial charge in [-0.05, 0) is 68.1 Å². The van der Waals surface area contributed by atoms with Crippen molar-refractivity contribution >= 4 is 11.9 Å². The Morgan fingerprint density at radius 2 is 1.82 bits per heavy atom. The number of guanidine groups is 1. The van der Waals surface area contributed by atoms with Gasteiger partial charge in [0.2, 0.25) is 0 Å². The lowest BCUT2D eigenvalue weighted by Crippen LogP contribution is -2.38. The summed E-state index contributed by atoms with van der Waals surface area (Å²) in [4.78, 5) is 16.6. The number of amides is 1. The fraction of sp³-hybridized carbons (Fsp3) is 0.364. The molecule has 6 heteroatoms. The predicted molar refractivity (Wildman–Crippen MR) is 112 cm³/mol. The number of nitrogens with zero attached hydrogens (tertiary/aromatic N) is 1. The number of hydrogen-bond donors (Lipinski definition) is 3. The van der Waals surface area contributed by atoms with Gasteiger partial charge in [0.15, 0.2) is 5.96 Å². The van der Waals surface area contributed by atoms with Crippen molar-refractivity contribution in [3.05, 3.63) is 70.5 Å². The quantitative estimate of drug-likeness (QED) is 0.484. The molecule has 0 spiro atoms. The van der Waals surface area contributed by atoms with Gasteiger partial charge in [0.05, 0.1) is 6.54 Å². The zero-order valence-corrected chi connectivity index (χ0v) is 16.8. The van der Waals surface area contributed by atoms with E-state index in [2.05, 4.69) is 20.9 Å². The van der Waals surface area contributed by atoms with Crippen molar-refractivity contribution < 1.29 is 9.18 Å². The van der Waals surface area contributed by atoms with Gasteiger partial charge in [-0.25, -0.2) is 9.38 Å². The Kier molecular flexibility index (Phi) is 8.46. The monoisotopic (exact) mass is 384 g/mol. The van der Waals surface area contributed by atoms with Gasteiger partial charge in [-0.3, -0.25) is 4.79 Å². The van der Waals surface area contributed by atoms with Crippen LogP contribution in [0.4, 0.5) is 4.39 Å². The van der Waals surface area contributed by atoms with Crippen LogP contribution in [0.3, 0.4) is 0 Å². The SMILES string of the molecule is CCNC(=O)c1cccc(CN=C(NCC)NCCc2ccc(F)cc2C)c1. The van der Waals surface area contributed by atoms with Crippen molar-refractivity contribution in [1.82, 2.24) is 16.0 Å². The van der Waals surface area contributed by atoms with Crippen LogP contribution in [-0.2, 0) is 13.0 Å². The molecular weight excluding hydrogens is 355 g/mol. The maximum absolute atomic E-state index is 13.2. The summed E-state index contributed by atoms with van der Waals surface area (Å²) in [5.74, 6) is 0.428. The molecule has 2 aromatic rings. The first kappa shape index (κ1) is 21.4. The highest BCUT2D eigenvalue weighted by Gasteiger charge is 2.05. The van der Waals surface area contributed by atoms with Gasteiger partial charge in [-0.2, -0.15) is 0 Å². The molecule has 0 atom stereocenters. The van der Waals surface area contributed by atoms with Crippen molar-refractivity contribution in [2.75, 3.05) is 19.6 Å². The molecule has 0 heterocycles. The Morgan fingerprint density at radius 3 is 2.54 bits per heavy atom. The second-order valence-electron chi connectivity index (χ2n) is 6.50. The molecule has 5 nitrogen and oxygen atoms in total. The lowest BCUT2D eigenvalue weighted by Gasteiger charge is -2.12. The fourth-order valence-electron chi connectivity index (χ4n) is 2.84. The molecule has 0 fully saturated rings. The molecule has 0 radical (unpaired) electrons. The minimum Gasteiger partial charge on any atom is -0.357 e. The van der Waals surface area contributed by atoms with Crippen molar-refractivity contribution in [3.63, 3.8) is 0 Å². The maximum atomic E-state index is 13.2. The number of carbonyl (C=O) groups is 1. The highest BCUT2D eigenvalue weighted by atomic mass is 19.1. The van der Waals surface area contributed by atoms with Crippen LogP contribution in [0.25, 0.3) is 0 Å². The molecule has 0 aromatic heterocycles. The number of halogens is 1. The van der Waals surface area contributed by atoms with E-state index in [1.807, 2.05) is 45.0 Å². The van der Waals surface area contributed by atoms with Gasteiger partial charge in [-0.15, -0.1) is 0 Å². The Hall–Kier alpha value is -2.89. The first-order chi connectivity index (χ1) is 13.5. The molecule has 0 aliphatic rings. The van der Waals surface area contributed by atoms with E-state index >= 15 is 0 Å². The predicted octanol–water partition coefficient (Wildman–Crippen LogP) is 3.18. The van der Waals surface area contributed by atoms with Crippen LogP contribution in [0, 0.1) is 12.7 Å². The standard InChI is InChI=1S/C22H29FN4O/c1-4-24-21(28)19-8-6-7-17(14-19)15-27-22(25-5-2)26-12-11-18-9-10-20(23)13-16(18)3/h6-10,13-14H,4-5,11-12,15H2,1-3H3,(H,24,28)(H2,25,26,27). The van der Waals surface area contributed by atoms with E-state index in [0.717, 1.165) is 29.7 Å². The molecule has 150 valence electrons. The topological polar surface area (TPSA) is 65.5 Å². The minimum atomic E-state index is -0.209. The van der Waals surface area contributed by atoms with Crippen LogP contribution in [0.1, 0.15) is 40.9 Å². The Balaban J connectivity index is 1.96. The second-order valence-corrected chi connectivity index (χ2v) is 6.50. The van der Waals surface area contributed by atoms with Gasteiger partial charge in [0.1, 0.15) is 5.82 Å². The van der Waals surface area contributed by atoms with E-state index in [1.165, 1.54) is 6.07 Å². The van der Waals surface area contributed by atoms with Crippen molar-refractivity contribution in [3.8, 4) is 0 Å². The third-order valence-corrected chi connectivity index (χ3v) is 4.28. The summed E-state index contributed by atoms with van der Waals surface area (Å²) in [6.45, 7) is 8.34. The number of benzene rings is 2. The normalized spacial score (nSPS) is 11.2. The Bertz CT molecular complexity index is 820. The molecule has 0 aliphatic heterocycles. The van der Waals surface area contributed by atoms with Crippen LogP contribution in [-0.4, -0.2) is 31.5 Å². The lowest BCUT2D eigenvalue weighted by molar-refractivity contribution is 0.0955. The molecular formula is C22H29FN4O. The molecule has 0 saturated heterocycles. The smallest absolute Gasteiger partial charge is 0.251 e. The van der Waals surface area contributed by atoms with E-state index in [-0.39, 0.29) is 11.7 Å². The number of aryl methyl sites for hydroxylation is 1. The molecule has 3 N–H and O–H groups in total. The Labute approximate surface area is 166 Å². The highest BCUT2D eigenvalue weighted by Crippen LogP contribution is 2.10. The van der Waals surface area contributed by atoms with Gasteiger partial charge < -0.3 is 16.0 Å². The van der Waals surface area contributed by atoms with E-state index in [1.54, 1.807) is 12.1 Å². The molecule has 2 rings (SSSR count). The van der Waals surface area contributed by atoms with E-state index in [9.17, 15) is 9.18 Å². The minimum absolute atomic E-state index is 0.0759. The van der Waals surface area contributed by atoms with Crippen LogP contribution >= 0.6 is 0 Å². The van der Waals surface area contributed by atoms with E-state index < -0.39 is 0 Å². The largest absolute Gasteiger partial charge is 0.357 e. The zero-order valence-electron chi connectivity index (χ0n) is 16.8. The second kappa shape index (κ2) is 11.1. The van der Waals surface area contributed by atoms with Crippen molar-refractivity contribution in [1.29, 1.82) is 0 Å². The third-order valence-electron chi connectivity index (χ3n) is 4.28. The first-order valence-electron chi connectivity index (χ1n) is 9.67. The number of aliphatic imine (C=N–C) groups is 1. The summed E-state index contributed by atoms with van der Waals surface area (Å²) >= 11 is 0. The summed E-state index contributed by atoms with van der Waals surface area (Å²) < 4.78 is 13.2. The average Bonchev–Trinajstić information content (AvgIpc) is 2.68. The van der Waals surface area contributed by atoms with E-state index in [0.29, 0.717) is 31.2 Å². The van der Waals surface area contributed by atoms with Gasteiger partial charge in [0, 0.05) is 25.2 Å². The summed E-state index contributed by atoms with van der Waals surface area (Å²) in [5.41, 5.74) is 3.67. The number of carbonyl (C=O) groups excluding carboxylic acids is 1. The van der Waals surface area contributed by atoms with Gasteiger partial charge in [-0.1, -0.05) is 18.2 Å². The molecule has 2 aromatic carbocycles. The average molecular weight is 384 g/mol. The van der Waals surface area contributed by atoms with Crippen LogP contribution < -0.4 is 16.0 Å². The summed E-state index contributed by atoms with van der Waals surface area (Å²) in [6, 6.07) is 12.3. The first-order valence-corrected chi connectivity index (χ1v) is 9.67. The summed E-state index contributed by atoms with van der Waals surface area (Å²) in [5, 5.41) is 9.33. The summed E-state index contributed by atoms with van der Waals surface area (Å²) in [6.07, 6.45) is 0.781. The lowest BCUT2D eigenvalue weighted by atomic mass is 10.1. The van der Waals surface area contributed by atoms with Crippen LogP contribution in [0.5, 0.6) is 0 Å². The van der Waals surface area contributed by atoms with Crippen LogP contribution in [0.2, 0.25) is 0 Å². The molecule has 0 saturated carbocycles. The molecule has 28 heavy (non-hydrogen) atoms. The summed E-state index contributed by atoms with van der Waals surface area (Å²) in [7, 11) is 0.